The molecule has 0 bridgehead atoms. The molecule has 5 heteroatoms. The summed E-state index contributed by atoms with van der Waals surface area (Å²) in [4.78, 5) is 24.1. The Hall–Kier alpha value is -3.18. The van der Waals surface area contributed by atoms with Crippen LogP contribution in [0.5, 0.6) is 0 Å². The molecule has 42 heavy (non-hydrogen) atoms. The maximum Gasteiger partial charge on any atom is 0.335 e. The first-order valence-electron chi connectivity index (χ1n) is 15.6. The second-order valence-electron chi connectivity index (χ2n) is 12.5. The molecule has 1 N–H and O–H groups in total. The Labute approximate surface area is 253 Å². The summed E-state index contributed by atoms with van der Waals surface area (Å²) in [6.07, 6.45) is 11.3. The van der Waals surface area contributed by atoms with E-state index in [4.69, 9.17) is 9.47 Å². The molecule has 3 rings (SSSR count). The molecule has 0 radical (unpaired) electrons. The minimum atomic E-state index is -0.624. The quantitative estimate of drug-likeness (QED) is 0.124. The van der Waals surface area contributed by atoms with Gasteiger partial charge in [-0.2, -0.15) is 0 Å². The van der Waals surface area contributed by atoms with Gasteiger partial charge in [-0.15, -0.1) is 0 Å². The summed E-state index contributed by atoms with van der Waals surface area (Å²) in [7, 11) is 0. The molecule has 0 spiro atoms. The highest BCUT2D eigenvalue weighted by Crippen LogP contribution is 2.40. The van der Waals surface area contributed by atoms with Crippen molar-refractivity contribution in [3.63, 3.8) is 0 Å². The lowest BCUT2D eigenvalue weighted by atomic mass is 9.74. The second kappa shape index (κ2) is 16.5. The Kier molecular flexibility index (Phi) is 13.1. The third-order valence-electron chi connectivity index (χ3n) is 8.67. The lowest BCUT2D eigenvalue weighted by molar-refractivity contribution is -0.149. The van der Waals surface area contributed by atoms with E-state index >= 15 is 0 Å². The van der Waals surface area contributed by atoms with Crippen molar-refractivity contribution in [1.29, 1.82) is 0 Å². The normalized spacial score (nSPS) is 18.1. The van der Waals surface area contributed by atoms with Crippen LogP contribution in [0.3, 0.4) is 0 Å². The summed E-state index contributed by atoms with van der Waals surface area (Å²) < 4.78 is 10.9. The molecule has 0 amide bonds. The van der Waals surface area contributed by atoms with Crippen molar-refractivity contribution in [3.8, 4) is 11.1 Å². The number of aliphatic hydroxyl groups excluding tert-OH is 1. The van der Waals surface area contributed by atoms with Crippen molar-refractivity contribution >= 4 is 11.9 Å². The van der Waals surface area contributed by atoms with E-state index < -0.39 is 24.0 Å². The zero-order valence-corrected chi connectivity index (χ0v) is 26.0. The van der Waals surface area contributed by atoms with Gasteiger partial charge in [-0.05, 0) is 92.4 Å². The molecular formula is C37H50O5. The molecule has 0 heterocycles. The van der Waals surface area contributed by atoms with Gasteiger partial charge in [-0.3, -0.25) is 0 Å². The van der Waals surface area contributed by atoms with Crippen molar-refractivity contribution < 1.29 is 24.2 Å². The molecule has 228 valence electrons. The predicted molar refractivity (Wildman–Crippen MR) is 170 cm³/mol. The molecule has 0 aromatic heterocycles. The Bertz CT molecular complexity index is 1170. The molecule has 0 aliphatic heterocycles. The monoisotopic (exact) mass is 574 g/mol. The highest BCUT2D eigenvalue weighted by atomic mass is 16.5. The Morgan fingerprint density at radius 2 is 1.45 bits per heavy atom. The molecule has 0 saturated heterocycles. The van der Waals surface area contributed by atoms with Crippen LogP contribution in [-0.4, -0.2) is 36.9 Å². The van der Waals surface area contributed by atoms with Crippen molar-refractivity contribution in [1.82, 2.24) is 0 Å². The summed E-state index contributed by atoms with van der Waals surface area (Å²) in [5.41, 5.74) is 5.19. The number of carbonyl (C=O) groups is 2. The molecule has 1 aliphatic carbocycles. The fourth-order valence-corrected chi connectivity index (χ4v) is 5.68. The van der Waals surface area contributed by atoms with E-state index in [2.05, 4.69) is 68.6 Å². The van der Waals surface area contributed by atoms with Crippen molar-refractivity contribution in [2.75, 3.05) is 19.8 Å². The average Bonchev–Trinajstić information content (AvgIpc) is 3.02. The first kappa shape index (κ1) is 33.3. The van der Waals surface area contributed by atoms with E-state index in [-0.39, 0.29) is 18.8 Å². The number of benzene rings is 2. The predicted octanol–water partition coefficient (Wildman–Crippen LogP) is 8.36. The van der Waals surface area contributed by atoms with Crippen LogP contribution in [0.2, 0.25) is 0 Å². The van der Waals surface area contributed by atoms with E-state index in [9.17, 15) is 14.7 Å². The highest BCUT2D eigenvalue weighted by molar-refractivity contribution is 5.88. The van der Waals surface area contributed by atoms with E-state index in [1.807, 2.05) is 6.92 Å². The number of esters is 2. The lowest BCUT2D eigenvalue weighted by Gasteiger charge is -2.33. The molecule has 5 nitrogen and oxygen atoms in total. The van der Waals surface area contributed by atoms with Crippen molar-refractivity contribution in [2.24, 2.45) is 11.3 Å². The van der Waals surface area contributed by atoms with Gasteiger partial charge in [0.1, 0.15) is 13.2 Å². The smallest absolute Gasteiger partial charge is 0.335 e. The van der Waals surface area contributed by atoms with Gasteiger partial charge in [0.25, 0.3) is 0 Å². The van der Waals surface area contributed by atoms with Crippen molar-refractivity contribution in [2.45, 2.75) is 90.9 Å². The summed E-state index contributed by atoms with van der Waals surface area (Å²) in [5.74, 6) is 0.0828. The largest absolute Gasteiger partial charge is 0.462 e. The number of unbranched alkanes of at least 4 members (excludes halogenated alkanes) is 2. The third kappa shape index (κ3) is 10.3. The molecule has 2 aromatic carbocycles. The van der Waals surface area contributed by atoms with Gasteiger partial charge in [-0.25, -0.2) is 9.59 Å². The average molecular weight is 575 g/mol. The molecule has 1 atom stereocenters. The zero-order valence-electron chi connectivity index (χ0n) is 26.0. The van der Waals surface area contributed by atoms with Crippen LogP contribution >= 0.6 is 0 Å². The van der Waals surface area contributed by atoms with Crippen LogP contribution < -0.4 is 0 Å². The fourth-order valence-electron chi connectivity index (χ4n) is 5.68. The van der Waals surface area contributed by atoms with E-state index in [1.165, 1.54) is 41.5 Å². The summed E-state index contributed by atoms with van der Waals surface area (Å²) in [5, 5.41) is 9.17. The SMILES string of the molecule is C=C(C)C(=O)OCC(C)(CCC1CCC(c2ccc(-c3ccc(CCCCC)cc3)cc2)CC1)COC(=O)C(=C)CO. The first-order chi connectivity index (χ1) is 20.1. The maximum absolute atomic E-state index is 12.1. The van der Waals surface area contributed by atoms with E-state index in [0.717, 1.165) is 44.9 Å². The number of rotatable bonds is 16. The van der Waals surface area contributed by atoms with Gasteiger partial charge in [0.2, 0.25) is 0 Å². The van der Waals surface area contributed by atoms with Crippen LogP contribution in [0.1, 0.15) is 95.6 Å². The third-order valence-corrected chi connectivity index (χ3v) is 8.67. The van der Waals surface area contributed by atoms with Gasteiger partial charge >= 0.3 is 11.9 Å². The Morgan fingerprint density at radius 3 is 2.00 bits per heavy atom. The van der Waals surface area contributed by atoms with Crippen LogP contribution in [-0.2, 0) is 25.5 Å². The lowest BCUT2D eigenvalue weighted by Crippen LogP contribution is -2.33. The molecule has 1 saturated carbocycles. The van der Waals surface area contributed by atoms with Crippen LogP contribution in [0.25, 0.3) is 11.1 Å². The van der Waals surface area contributed by atoms with Crippen LogP contribution in [0.4, 0.5) is 0 Å². The summed E-state index contributed by atoms with van der Waals surface area (Å²) in [6.45, 7) is 12.8. The van der Waals surface area contributed by atoms with Crippen LogP contribution in [0, 0.1) is 11.3 Å². The molecular weight excluding hydrogens is 524 g/mol. The first-order valence-corrected chi connectivity index (χ1v) is 15.6. The number of aryl methyl sites for hydroxylation is 1. The van der Waals surface area contributed by atoms with Gasteiger partial charge in [0.05, 0.1) is 12.2 Å². The fraction of sp³-hybridized carbons (Fsp3) is 0.514. The van der Waals surface area contributed by atoms with E-state index in [0.29, 0.717) is 17.4 Å². The zero-order chi connectivity index (χ0) is 30.5. The van der Waals surface area contributed by atoms with E-state index in [1.54, 1.807) is 6.92 Å². The summed E-state index contributed by atoms with van der Waals surface area (Å²) >= 11 is 0. The topological polar surface area (TPSA) is 72.8 Å². The summed E-state index contributed by atoms with van der Waals surface area (Å²) in [6, 6.07) is 18.2. The molecule has 1 aliphatic rings. The minimum Gasteiger partial charge on any atom is -0.462 e. The number of ether oxygens (including phenoxy) is 2. The van der Waals surface area contributed by atoms with Gasteiger partial charge < -0.3 is 14.6 Å². The molecule has 2 aromatic rings. The van der Waals surface area contributed by atoms with Gasteiger partial charge in [0, 0.05) is 11.0 Å². The maximum atomic E-state index is 12.1. The van der Waals surface area contributed by atoms with Gasteiger partial charge in [0.15, 0.2) is 0 Å². The number of aliphatic hydroxyl groups is 1. The van der Waals surface area contributed by atoms with Crippen LogP contribution in [0.15, 0.2) is 72.8 Å². The molecule has 1 fully saturated rings. The standard InChI is InChI=1S/C37H50O5/c1-6-7-8-9-29-10-14-31(15-11-29)33-18-20-34(21-19-33)32-16-12-30(13-17-32)22-23-37(5,25-41-35(39)27(2)3)26-42-36(40)28(4)24-38/h10-11,14-15,18-21,30,32,38H,2,4,6-9,12-13,16-17,22-26H2,1,3,5H3. The minimum absolute atomic E-state index is 0.0124. The Balaban J connectivity index is 1.51. The number of hydrogen-bond donors (Lipinski definition) is 1. The second-order valence-corrected chi connectivity index (χ2v) is 12.5. The highest BCUT2D eigenvalue weighted by Gasteiger charge is 2.31. The van der Waals surface area contributed by atoms with Gasteiger partial charge in [-0.1, -0.05) is 88.4 Å². The van der Waals surface area contributed by atoms with Crippen molar-refractivity contribution in [3.05, 3.63) is 84.0 Å². The number of carbonyl (C=O) groups excluding carboxylic acids is 2. The number of hydrogen-bond acceptors (Lipinski definition) is 5. The Morgan fingerprint density at radius 1 is 0.881 bits per heavy atom. The molecule has 1 unspecified atom stereocenters.